The number of hydrogen-bond donors (Lipinski definition) is 1. The van der Waals surface area contributed by atoms with E-state index in [0.717, 1.165) is 12.8 Å². The van der Waals surface area contributed by atoms with Crippen LogP contribution in [0.4, 0.5) is 5.69 Å². The molecule has 0 saturated carbocycles. The predicted molar refractivity (Wildman–Crippen MR) is 153 cm³/mol. The molecule has 1 aromatic rings. The van der Waals surface area contributed by atoms with E-state index in [1.54, 1.807) is 28.9 Å². The number of ether oxygens (including phenoxy) is 2. The lowest BCUT2D eigenvalue weighted by Gasteiger charge is -2.38. The summed E-state index contributed by atoms with van der Waals surface area (Å²) in [7, 11) is 0. The average molecular weight is 554 g/mol. The minimum Gasteiger partial charge on any atom is -0.494 e. The first-order valence-electron chi connectivity index (χ1n) is 14.4. The van der Waals surface area contributed by atoms with Crippen LogP contribution < -0.4 is 9.64 Å². The second-order valence-electron chi connectivity index (χ2n) is 10.9. The quantitative estimate of drug-likeness (QED) is 0.356. The first-order chi connectivity index (χ1) is 19.3. The number of fused-ring (bicyclic) bond motifs is 1. The van der Waals surface area contributed by atoms with Gasteiger partial charge in [-0.2, -0.15) is 0 Å². The van der Waals surface area contributed by atoms with Crippen molar-refractivity contribution in [1.29, 1.82) is 0 Å². The number of hydrogen-bond acceptors (Lipinski definition) is 6. The second kappa shape index (κ2) is 12.6. The molecule has 4 rings (SSSR count). The zero-order chi connectivity index (χ0) is 29.0. The van der Waals surface area contributed by atoms with Gasteiger partial charge in [0.25, 0.3) is 0 Å². The van der Waals surface area contributed by atoms with Crippen molar-refractivity contribution in [2.24, 2.45) is 11.8 Å². The number of unbranched alkanes of at least 4 members (excludes halogenated alkanes) is 1. The molecule has 3 aliphatic rings. The second-order valence-corrected chi connectivity index (χ2v) is 10.9. The Balaban J connectivity index is 1.72. The molecule has 1 N–H and O–H groups in total. The third-order valence-corrected chi connectivity index (χ3v) is 8.48. The van der Waals surface area contributed by atoms with Gasteiger partial charge in [0.15, 0.2) is 0 Å². The van der Waals surface area contributed by atoms with Crippen LogP contribution in [-0.4, -0.2) is 89.3 Å². The molecular weight excluding hydrogens is 510 g/mol. The summed E-state index contributed by atoms with van der Waals surface area (Å²) in [5.74, 6) is -1.61. The maximum absolute atomic E-state index is 14.3. The number of aliphatic hydroxyl groups is 1. The minimum absolute atomic E-state index is 0.215. The van der Waals surface area contributed by atoms with Crippen molar-refractivity contribution in [3.8, 4) is 5.75 Å². The van der Waals surface area contributed by atoms with Gasteiger partial charge in [-0.1, -0.05) is 25.5 Å². The van der Waals surface area contributed by atoms with Crippen LogP contribution >= 0.6 is 0 Å². The first kappa shape index (κ1) is 29.8. The number of aliphatic hydroxyl groups excluding tert-OH is 1. The molecule has 6 atom stereocenters. The van der Waals surface area contributed by atoms with Crippen LogP contribution in [0.2, 0.25) is 0 Å². The lowest BCUT2D eigenvalue weighted by molar-refractivity contribution is -0.150. The van der Waals surface area contributed by atoms with E-state index in [-0.39, 0.29) is 30.9 Å². The molecular formula is C31H43N3O6. The molecule has 9 heteroatoms. The highest BCUT2D eigenvalue weighted by Gasteiger charge is 2.75. The molecule has 40 heavy (non-hydrogen) atoms. The fourth-order valence-electron chi connectivity index (χ4n) is 6.70. The number of benzene rings is 1. The van der Waals surface area contributed by atoms with E-state index in [4.69, 9.17) is 9.47 Å². The Hall–Kier alpha value is -3.17. The Kier molecular flexibility index (Phi) is 9.36. The third-order valence-electron chi connectivity index (χ3n) is 8.48. The van der Waals surface area contributed by atoms with Crippen molar-refractivity contribution in [3.05, 3.63) is 49.6 Å². The Morgan fingerprint density at radius 3 is 2.50 bits per heavy atom. The van der Waals surface area contributed by atoms with Crippen LogP contribution in [0, 0.1) is 11.8 Å². The molecule has 1 aromatic carbocycles. The molecule has 0 aliphatic carbocycles. The summed E-state index contributed by atoms with van der Waals surface area (Å²) >= 11 is 0. The van der Waals surface area contributed by atoms with Crippen molar-refractivity contribution in [2.45, 2.75) is 70.2 Å². The number of rotatable bonds is 14. The van der Waals surface area contributed by atoms with Gasteiger partial charge in [-0.3, -0.25) is 14.4 Å². The van der Waals surface area contributed by atoms with Gasteiger partial charge in [0.2, 0.25) is 17.7 Å². The Bertz CT molecular complexity index is 1110. The normalized spacial score (nSPS) is 27.3. The molecule has 218 valence electrons. The molecule has 2 unspecified atom stereocenters. The third kappa shape index (κ3) is 5.05. The molecule has 1 spiro atoms. The Morgan fingerprint density at radius 1 is 1.20 bits per heavy atom. The Morgan fingerprint density at radius 2 is 1.90 bits per heavy atom. The van der Waals surface area contributed by atoms with Gasteiger partial charge < -0.3 is 29.3 Å². The largest absolute Gasteiger partial charge is 0.494 e. The van der Waals surface area contributed by atoms with Crippen LogP contribution in [0.25, 0.3) is 0 Å². The number of likely N-dealkylation sites (tertiary alicyclic amines) is 1. The van der Waals surface area contributed by atoms with E-state index in [0.29, 0.717) is 44.0 Å². The summed E-state index contributed by atoms with van der Waals surface area (Å²) in [6.45, 7) is 14.7. The fraction of sp³-hybridized carbons (Fsp3) is 0.581. The molecule has 3 heterocycles. The van der Waals surface area contributed by atoms with Gasteiger partial charge in [-0.15, -0.1) is 13.2 Å². The van der Waals surface area contributed by atoms with Crippen molar-refractivity contribution < 1.29 is 29.0 Å². The van der Waals surface area contributed by atoms with E-state index in [9.17, 15) is 19.5 Å². The lowest BCUT2D eigenvalue weighted by atomic mass is 9.70. The summed E-state index contributed by atoms with van der Waals surface area (Å²) in [6, 6.07) is 5.74. The molecule has 3 aliphatic heterocycles. The predicted octanol–water partition coefficient (Wildman–Crippen LogP) is 3.17. The highest BCUT2D eigenvalue weighted by Crippen LogP contribution is 2.59. The van der Waals surface area contributed by atoms with Crippen molar-refractivity contribution >= 4 is 23.4 Å². The average Bonchev–Trinajstić information content (AvgIpc) is 3.61. The smallest absolute Gasteiger partial charge is 0.248 e. The standard InChI is InChI=1S/C31H43N3O6/c1-6-10-19-32(17-7-2)30(38)27-31-16-15-24(40-31)25(26(31)29(37)34(27)21(5)20-35)28(36)33(18-8-3)22-11-13-23(14-12-22)39-9-4/h7-8,11-14,21,24-27,35H,2-3,6,9-10,15-20H2,1,4-5H3/t21-,24-,25+,26+,27?,31?/m1/s1. The lowest BCUT2D eigenvalue weighted by Crippen LogP contribution is -2.58. The van der Waals surface area contributed by atoms with E-state index in [2.05, 4.69) is 20.1 Å². The number of carbonyl (C=O) groups excluding carboxylic acids is 3. The van der Waals surface area contributed by atoms with Crippen LogP contribution in [0.1, 0.15) is 46.5 Å². The molecule has 3 fully saturated rings. The van der Waals surface area contributed by atoms with Gasteiger partial charge in [0.1, 0.15) is 17.4 Å². The maximum Gasteiger partial charge on any atom is 0.248 e. The van der Waals surface area contributed by atoms with Crippen LogP contribution in [0.3, 0.4) is 0 Å². The van der Waals surface area contributed by atoms with E-state index in [1.165, 1.54) is 4.90 Å². The van der Waals surface area contributed by atoms with Gasteiger partial charge in [-0.05, 0) is 57.4 Å². The zero-order valence-corrected chi connectivity index (χ0v) is 24.0. The topological polar surface area (TPSA) is 99.6 Å². The molecule has 3 amide bonds. The molecule has 0 radical (unpaired) electrons. The fourth-order valence-corrected chi connectivity index (χ4v) is 6.70. The number of amides is 3. The van der Waals surface area contributed by atoms with E-state index in [1.807, 2.05) is 31.2 Å². The molecule has 3 saturated heterocycles. The van der Waals surface area contributed by atoms with Crippen LogP contribution in [0.5, 0.6) is 5.75 Å². The summed E-state index contributed by atoms with van der Waals surface area (Å²) in [4.78, 5) is 47.4. The van der Waals surface area contributed by atoms with E-state index < -0.39 is 35.6 Å². The highest BCUT2D eigenvalue weighted by molar-refractivity contribution is 6.03. The molecule has 9 nitrogen and oxygen atoms in total. The monoisotopic (exact) mass is 553 g/mol. The molecule has 2 bridgehead atoms. The van der Waals surface area contributed by atoms with Crippen LogP contribution in [-0.2, 0) is 19.1 Å². The summed E-state index contributed by atoms with van der Waals surface area (Å²) < 4.78 is 12.1. The summed E-state index contributed by atoms with van der Waals surface area (Å²) in [5, 5.41) is 10.1. The number of carbonyl (C=O) groups is 3. The van der Waals surface area contributed by atoms with Crippen molar-refractivity contribution in [2.75, 3.05) is 37.7 Å². The SMILES string of the molecule is C=CCN(CCCC)C(=O)C1N([C@H](C)CO)C(=O)[C@@H]2[C@@H](C(=O)N(CC=C)c3ccc(OCC)cc3)[C@H]3CCC12O3. The minimum atomic E-state index is -1.12. The maximum atomic E-state index is 14.3. The van der Waals surface area contributed by atoms with Gasteiger partial charge in [0, 0.05) is 25.3 Å². The number of anilines is 1. The Labute approximate surface area is 237 Å². The van der Waals surface area contributed by atoms with Gasteiger partial charge in [-0.25, -0.2) is 0 Å². The van der Waals surface area contributed by atoms with E-state index >= 15 is 0 Å². The van der Waals surface area contributed by atoms with Crippen LogP contribution in [0.15, 0.2) is 49.6 Å². The first-order valence-corrected chi connectivity index (χ1v) is 14.4. The summed E-state index contributed by atoms with van der Waals surface area (Å²) in [6.07, 6.45) is 5.67. The van der Waals surface area contributed by atoms with Crippen molar-refractivity contribution in [3.63, 3.8) is 0 Å². The van der Waals surface area contributed by atoms with Gasteiger partial charge in [0.05, 0.1) is 37.2 Å². The highest BCUT2D eigenvalue weighted by atomic mass is 16.5. The number of nitrogens with zero attached hydrogens (tertiary/aromatic N) is 3. The molecule has 0 aromatic heterocycles. The van der Waals surface area contributed by atoms with Crippen molar-refractivity contribution in [1.82, 2.24) is 9.80 Å². The van der Waals surface area contributed by atoms with Gasteiger partial charge >= 0.3 is 0 Å². The zero-order valence-electron chi connectivity index (χ0n) is 24.0. The summed E-state index contributed by atoms with van der Waals surface area (Å²) in [5.41, 5.74) is -0.451.